The van der Waals surface area contributed by atoms with Crippen molar-refractivity contribution in [2.45, 2.75) is 20.3 Å². The van der Waals surface area contributed by atoms with Crippen LogP contribution in [0.25, 0.3) is 0 Å². The Labute approximate surface area is 97.3 Å². The highest BCUT2D eigenvalue weighted by Crippen LogP contribution is 2.30. The second kappa shape index (κ2) is 5.41. The van der Waals surface area contributed by atoms with E-state index >= 15 is 0 Å². The number of aryl methyl sites for hydroxylation is 2. The molecule has 0 heterocycles. The number of nitrogens with zero attached hydrogens (tertiary/aromatic N) is 2. The molecule has 0 atom stereocenters. The number of anilines is 1. The highest BCUT2D eigenvalue weighted by atomic mass is 16.5. The van der Waals surface area contributed by atoms with E-state index in [2.05, 4.69) is 30.9 Å². The number of hydrogen-bond donors (Lipinski definition) is 0. The van der Waals surface area contributed by atoms with Crippen LogP contribution in [0.15, 0.2) is 12.1 Å². The van der Waals surface area contributed by atoms with E-state index in [-0.39, 0.29) is 0 Å². The maximum Gasteiger partial charge on any atom is 0.142 e. The first-order valence-corrected chi connectivity index (χ1v) is 5.33. The van der Waals surface area contributed by atoms with E-state index in [1.165, 1.54) is 11.1 Å². The maximum atomic E-state index is 8.58. The van der Waals surface area contributed by atoms with Gasteiger partial charge in [0.1, 0.15) is 5.75 Å². The lowest BCUT2D eigenvalue weighted by molar-refractivity contribution is 0.414. The molecule has 1 rings (SSSR count). The van der Waals surface area contributed by atoms with Crippen LogP contribution in [-0.2, 0) is 0 Å². The molecular formula is C13H18N2O. The van der Waals surface area contributed by atoms with E-state index in [0.717, 1.165) is 18.0 Å². The Bertz CT molecular complexity index is 407. The minimum Gasteiger partial charge on any atom is -0.495 e. The third kappa shape index (κ3) is 2.66. The highest BCUT2D eigenvalue weighted by molar-refractivity contribution is 5.61. The molecule has 3 nitrogen and oxygen atoms in total. The van der Waals surface area contributed by atoms with Gasteiger partial charge < -0.3 is 9.64 Å². The van der Waals surface area contributed by atoms with E-state index in [0.29, 0.717) is 6.42 Å². The van der Waals surface area contributed by atoms with Crippen LogP contribution >= 0.6 is 0 Å². The second-order valence-electron chi connectivity index (χ2n) is 3.94. The van der Waals surface area contributed by atoms with Gasteiger partial charge in [-0.3, -0.25) is 0 Å². The molecule has 0 spiro atoms. The fourth-order valence-electron chi connectivity index (χ4n) is 1.57. The van der Waals surface area contributed by atoms with Crippen molar-refractivity contribution < 1.29 is 4.74 Å². The molecule has 1 aromatic rings. The molecule has 1 aromatic carbocycles. The first kappa shape index (κ1) is 12.4. The Morgan fingerprint density at radius 2 is 1.94 bits per heavy atom. The van der Waals surface area contributed by atoms with Crippen molar-refractivity contribution >= 4 is 5.69 Å². The van der Waals surface area contributed by atoms with Gasteiger partial charge in [-0.1, -0.05) is 0 Å². The molecule has 0 N–H and O–H groups in total. The molecule has 0 saturated heterocycles. The zero-order valence-corrected chi connectivity index (χ0v) is 10.4. The Morgan fingerprint density at radius 1 is 1.31 bits per heavy atom. The van der Waals surface area contributed by atoms with Gasteiger partial charge in [0.15, 0.2) is 0 Å². The molecule has 0 fully saturated rings. The standard InChI is InChI=1S/C13H18N2O/c1-10-8-12(15(3)7-5-6-14)13(16-4)9-11(10)2/h8-9H,5,7H2,1-4H3. The minimum absolute atomic E-state index is 0.520. The average Bonchev–Trinajstić information content (AvgIpc) is 2.28. The lowest BCUT2D eigenvalue weighted by Gasteiger charge is -2.22. The molecule has 0 saturated carbocycles. The van der Waals surface area contributed by atoms with Gasteiger partial charge >= 0.3 is 0 Å². The largest absolute Gasteiger partial charge is 0.495 e. The molecule has 0 radical (unpaired) electrons. The number of rotatable bonds is 4. The lowest BCUT2D eigenvalue weighted by atomic mass is 10.1. The van der Waals surface area contributed by atoms with Gasteiger partial charge in [0.25, 0.3) is 0 Å². The number of ether oxygens (including phenoxy) is 1. The van der Waals surface area contributed by atoms with E-state index in [4.69, 9.17) is 10.00 Å². The van der Waals surface area contributed by atoms with Crippen molar-refractivity contribution in [3.8, 4) is 11.8 Å². The fraction of sp³-hybridized carbons (Fsp3) is 0.462. The van der Waals surface area contributed by atoms with Crippen molar-refractivity contribution in [2.24, 2.45) is 0 Å². The zero-order chi connectivity index (χ0) is 12.1. The predicted molar refractivity (Wildman–Crippen MR) is 66.0 cm³/mol. The van der Waals surface area contributed by atoms with Crippen LogP contribution in [0.4, 0.5) is 5.69 Å². The van der Waals surface area contributed by atoms with Gasteiger partial charge in [-0.15, -0.1) is 0 Å². The summed E-state index contributed by atoms with van der Waals surface area (Å²) in [5, 5.41) is 8.58. The molecule has 0 aliphatic heterocycles. The highest BCUT2D eigenvalue weighted by Gasteiger charge is 2.09. The summed E-state index contributed by atoms with van der Waals surface area (Å²) in [5.74, 6) is 0.864. The van der Waals surface area contributed by atoms with Crippen molar-refractivity contribution in [3.63, 3.8) is 0 Å². The number of hydrogen-bond acceptors (Lipinski definition) is 3. The second-order valence-corrected chi connectivity index (χ2v) is 3.94. The molecule has 3 heteroatoms. The van der Waals surface area contributed by atoms with Crippen LogP contribution in [0.3, 0.4) is 0 Å². The first-order valence-electron chi connectivity index (χ1n) is 5.33. The summed E-state index contributed by atoms with van der Waals surface area (Å²) in [5.41, 5.74) is 3.50. The number of methoxy groups -OCH3 is 1. The van der Waals surface area contributed by atoms with E-state index < -0.39 is 0 Å². The topological polar surface area (TPSA) is 36.3 Å². The molecule has 86 valence electrons. The molecule has 0 unspecified atom stereocenters. The summed E-state index contributed by atoms with van der Waals surface area (Å²) in [7, 11) is 3.65. The third-order valence-corrected chi connectivity index (χ3v) is 2.77. The Hall–Kier alpha value is -1.69. The molecule has 0 aliphatic rings. The Balaban J connectivity index is 3.02. The van der Waals surface area contributed by atoms with E-state index in [9.17, 15) is 0 Å². The Kier molecular flexibility index (Phi) is 4.19. The maximum absolute atomic E-state index is 8.58. The molecular weight excluding hydrogens is 200 g/mol. The van der Waals surface area contributed by atoms with Gasteiger partial charge in [0.2, 0.25) is 0 Å². The lowest BCUT2D eigenvalue weighted by Crippen LogP contribution is -2.19. The van der Waals surface area contributed by atoms with Crippen molar-refractivity contribution in [1.82, 2.24) is 0 Å². The van der Waals surface area contributed by atoms with Crippen LogP contribution < -0.4 is 9.64 Å². The normalized spacial score (nSPS) is 9.69. The summed E-state index contributed by atoms with van der Waals surface area (Å²) in [6.07, 6.45) is 0.520. The van der Waals surface area contributed by atoms with Crippen LogP contribution in [0.2, 0.25) is 0 Å². The molecule has 0 aromatic heterocycles. The summed E-state index contributed by atoms with van der Waals surface area (Å²) in [6.45, 7) is 4.86. The SMILES string of the molecule is COc1cc(C)c(C)cc1N(C)CCC#N. The fourth-order valence-corrected chi connectivity index (χ4v) is 1.57. The summed E-state index contributed by atoms with van der Waals surface area (Å²) in [4.78, 5) is 2.05. The van der Waals surface area contributed by atoms with Crippen LogP contribution in [-0.4, -0.2) is 20.7 Å². The van der Waals surface area contributed by atoms with Crippen LogP contribution in [0.5, 0.6) is 5.75 Å². The first-order chi connectivity index (χ1) is 7.60. The van der Waals surface area contributed by atoms with Gasteiger partial charge in [-0.05, 0) is 37.1 Å². The van der Waals surface area contributed by atoms with Gasteiger partial charge in [-0.2, -0.15) is 5.26 Å². The summed E-state index contributed by atoms with van der Waals surface area (Å²) >= 11 is 0. The van der Waals surface area contributed by atoms with Crippen LogP contribution in [0.1, 0.15) is 17.5 Å². The third-order valence-electron chi connectivity index (χ3n) is 2.77. The summed E-state index contributed by atoms with van der Waals surface area (Å²) < 4.78 is 5.36. The van der Waals surface area contributed by atoms with E-state index in [1.54, 1.807) is 7.11 Å². The quantitative estimate of drug-likeness (QED) is 0.779. The molecule has 0 amide bonds. The average molecular weight is 218 g/mol. The molecule has 0 bridgehead atoms. The van der Waals surface area contributed by atoms with Gasteiger partial charge in [0, 0.05) is 13.6 Å². The van der Waals surface area contributed by atoms with Crippen molar-refractivity contribution in [1.29, 1.82) is 5.26 Å². The molecule has 0 aliphatic carbocycles. The van der Waals surface area contributed by atoms with Crippen LogP contribution in [0, 0.1) is 25.2 Å². The number of benzene rings is 1. The zero-order valence-electron chi connectivity index (χ0n) is 10.4. The van der Waals surface area contributed by atoms with Gasteiger partial charge in [0.05, 0.1) is 25.3 Å². The van der Waals surface area contributed by atoms with E-state index in [1.807, 2.05) is 13.1 Å². The van der Waals surface area contributed by atoms with Gasteiger partial charge in [-0.25, -0.2) is 0 Å². The number of nitriles is 1. The van der Waals surface area contributed by atoms with Crippen molar-refractivity contribution in [3.05, 3.63) is 23.3 Å². The smallest absolute Gasteiger partial charge is 0.142 e. The minimum atomic E-state index is 0.520. The Morgan fingerprint density at radius 3 is 2.50 bits per heavy atom. The van der Waals surface area contributed by atoms with Crippen molar-refractivity contribution in [2.75, 3.05) is 25.6 Å². The summed E-state index contributed by atoms with van der Waals surface area (Å²) in [6, 6.07) is 6.29. The predicted octanol–water partition coefficient (Wildman–Crippen LogP) is 2.66. The molecule has 16 heavy (non-hydrogen) atoms. The monoisotopic (exact) mass is 218 g/mol.